The summed E-state index contributed by atoms with van der Waals surface area (Å²) in [6.45, 7) is 2.67. The van der Waals surface area contributed by atoms with Crippen molar-refractivity contribution < 1.29 is 0 Å². The summed E-state index contributed by atoms with van der Waals surface area (Å²) in [5.41, 5.74) is 2.05. The number of fused-ring (bicyclic) bond motifs is 1. The van der Waals surface area contributed by atoms with Gasteiger partial charge >= 0.3 is 5.69 Å². The number of hydrogen-bond donors (Lipinski definition) is 0. The molecule has 0 unspecified atom stereocenters. The van der Waals surface area contributed by atoms with Crippen LogP contribution in [0.5, 0.6) is 0 Å². The van der Waals surface area contributed by atoms with Gasteiger partial charge in [-0.1, -0.05) is 73.7 Å². The van der Waals surface area contributed by atoms with E-state index in [-0.39, 0.29) is 5.56 Å². The van der Waals surface area contributed by atoms with Crippen molar-refractivity contribution in [1.29, 1.82) is 0 Å². The predicted octanol–water partition coefficient (Wildman–Crippen LogP) is 4.42. The van der Waals surface area contributed by atoms with E-state index in [4.69, 9.17) is 4.98 Å². The molecule has 0 saturated carbocycles. The van der Waals surface area contributed by atoms with E-state index < -0.39 is 5.69 Å². The van der Waals surface area contributed by atoms with Crippen molar-refractivity contribution in [1.82, 2.24) is 18.7 Å². The molecular formula is C26H22N4O2. The Balaban J connectivity index is 1.98. The molecular weight excluding hydrogens is 400 g/mol. The molecule has 3 aromatic carbocycles. The van der Waals surface area contributed by atoms with E-state index in [1.165, 1.54) is 9.13 Å². The average molecular weight is 422 g/mol. The largest absolute Gasteiger partial charge is 0.342 e. The molecule has 158 valence electrons. The van der Waals surface area contributed by atoms with Gasteiger partial charge in [-0.25, -0.2) is 18.9 Å². The van der Waals surface area contributed by atoms with Crippen LogP contribution in [0, 0.1) is 0 Å². The van der Waals surface area contributed by atoms with Gasteiger partial charge in [-0.2, -0.15) is 0 Å². The molecule has 0 aliphatic rings. The van der Waals surface area contributed by atoms with Crippen LogP contribution in [-0.2, 0) is 6.54 Å². The molecule has 0 amide bonds. The van der Waals surface area contributed by atoms with Gasteiger partial charge in [0.1, 0.15) is 5.82 Å². The number of hydrogen-bond acceptors (Lipinski definition) is 3. The summed E-state index contributed by atoms with van der Waals surface area (Å²) in [5, 5.41) is 0. The molecule has 0 aliphatic heterocycles. The van der Waals surface area contributed by atoms with E-state index in [9.17, 15) is 9.59 Å². The fourth-order valence-electron chi connectivity index (χ4n) is 4.05. The van der Waals surface area contributed by atoms with E-state index in [0.717, 1.165) is 12.0 Å². The molecule has 0 N–H and O–H groups in total. The Labute approximate surface area is 184 Å². The van der Waals surface area contributed by atoms with E-state index >= 15 is 0 Å². The maximum atomic E-state index is 13.8. The van der Waals surface area contributed by atoms with Crippen molar-refractivity contribution in [3.63, 3.8) is 0 Å². The first-order valence-corrected chi connectivity index (χ1v) is 10.6. The van der Waals surface area contributed by atoms with Crippen LogP contribution >= 0.6 is 0 Å². The van der Waals surface area contributed by atoms with Gasteiger partial charge in [-0.3, -0.25) is 4.79 Å². The third-order valence-electron chi connectivity index (χ3n) is 5.46. The van der Waals surface area contributed by atoms with Gasteiger partial charge in [0, 0.05) is 12.1 Å². The molecule has 32 heavy (non-hydrogen) atoms. The molecule has 0 atom stereocenters. The zero-order valence-corrected chi connectivity index (χ0v) is 17.7. The number of rotatable bonds is 5. The standard InChI is InChI=1S/C26H22N4O2/c1-2-18-28-22-24(27-23(28)19-12-6-3-7-13-19)29(20-14-8-4-9-15-20)26(32)30(25(22)31)21-16-10-5-11-17-21/h3-17H,2,18H2,1H3. The summed E-state index contributed by atoms with van der Waals surface area (Å²) in [5.74, 6) is 0.675. The number of imidazole rings is 1. The highest BCUT2D eigenvalue weighted by Gasteiger charge is 2.23. The molecule has 0 aliphatic carbocycles. The number of aryl methyl sites for hydroxylation is 1. The molecule has 0 spiro atoms. The summed E-state index contributed by atoms with van der Waals surface area (Å²) in [4.78, 5) is 32.3. The smallest absolute Gasteiger partial charge is 0.318 e. The summed E-state index contributed by atoms with van der Waals surface area (Å²) in [6, 6.07) is 28.1. The third-order valence-corrected chi connectivity index (χ3v) is 5.46. The first-order valence-electron chi connectivity index (χ1n) is 10.6. The molecule has 0 fully saturated rings. The predicted molar refractivity (Wildman–Crippen MR) is 127 cm³/mol. The fourth-order valence-corrected chi connectivity index (χ4v) is 4.05. The van der Waals surface area contributed by atoms with Crippen molar-refractivity contribution in [2.75, 3.05) is 0 Å². The number of benzene rings is 3. The minimum Gasteiger partial charge on any atom is -0.318 e. The zero-order chi connectivity index (χ0) is 22.1. The lowest BCUT2D eigenvalue weighted by Crippen LogP contribution is -2.39. The Morgan fingerprint density at radius 1 is 0.719 bits per heavy atom. The van der Waals surface area contributed by atoms with Gasteiger partial charge in [0.25, 0.3) is 5.56 Å². The minimum absolute atomic E-state index is 0.366. The second kappa shape index (κ2) is 8.15. The van der Waals surface area contributed by atoms with Crippen LogP contribution in [0.3, 0.4) is 0 Å². The lowest BCUT2D eigenvalue weighted by Gasteiger charge is -2.13. The van der Waals surface area contributed by atoms with E-state index in [0.29, 0.717) is 34.9 Å². The minimum atomic E-state index is -0.444. The normalized spacial score (nSPS) is 11.2. The summed E-state index contributed by atoms with van der Waals surface area (Å²) in [7, 11) is 0. The van der Waals surface area contributed by atoms with Crippen molar-refractivity contribution in [2.24, 2.45) is 0 Å². The van der Waals surface area contributed by atoms with Gasteiger partial charge < -0.3 is 4.57 Å². The molecule has 6 heteroatoms. The van der Waals surface area contributed by atoms with E-state index in [1.807, 2.05) is 83.4 Å². The second-order valence-corrected chi connectivity index (χ2v) is 7.55. The Morgan fingerprint density at radius 2 is 1.25 bits per heavy atom. The molecule has 0 saturated heterocycles. The highest BCUT2D eigenvalue weighted by molar-refractivity contribution is 5.79. The van der Waals surface area contributed by atoms with Crippen molar-refractivity contribution in [3.05, 3.63) is 112 Å². The highest BCUT2D eigenvalue weighted by atomic mass is 16.2. The first kappa shape index (κ1) is 19.8. The van der Waals surface area contributed by atoms with Crippen molar-refractivity contribution in [2.45, 2.75) is 19.9 Å². The van der Waals surface area contributed by atoms with Gasteiger partial charge in [0.15, 0.2) is 11.2 Å². The Bertz CT molecular complexity index is 1500. The van der Waals surface area contributed by atoms with Gasteiger partial charge in [-0.05, 0) is 30.7 Å². The van der Waals surface area contributed by atoms with Crippen LogP contribution in [0.1, 0.15) is 13.3 Å². The van der Waals surface area contributed by atoms with E-state index in [2.05, 4.69) is 6.92 Å². The second-order valence-electron chi connectivity index (χ2n) is 7.55. The van der Waals surface area contributed by atoms with Crippen LogP contribution in [0.4, 0.5) is 0 Å². The fraction of sp³-hybridized carbons (Fsp3) is 0.115. The Kier molecular flexibility index (Phi) is 5.03. The average Bonchev–Trinajstić information content (AvgIpc) is 3.20. The van der Waals surface area contributed by atoms with E-state index in [1.54, 1.807) is 12.1 Å². The van der Waals surface area contributed by atoms with Crippen LogP contribution in [-0.4, -0.2) is 18.7 Å². The van der Waals surface area contributed by atoms with Gasteiger partial charge in [0.05, 0.1) is 11.4 Å². The lowest BCUT2D eigenvalue weighted by molar-refractivity contribution is 0.697. The van der Waals surface area contributed by atoms with Crippen LogP contribution in [0.15, 0.2) is 101 Å². The van der Waals surface area contributed by atoms with Crippen molar-refractivity contribution >= 4 is 11.2 Å². The van der Waals surface area contributed by atoms with Crippen LogP contribution in [0.25, 0.3) is 33.9 Å². The van der Waals surface area contributed by atoms with Crippen LogP contribution < -0.4 is 11.2 Å². The number of nitrogens with zero attached hydrogens (tertiary/aromatic N) is 4. The number of aromatic nitrogens is 4. The summed E-state index contributed by atoms with van der Waals surface area (Å²) in [6.07, 6.45) is 0.820. The topological polar surface area (TPSA) is 61.8 Å². The molecule has 5 aromatic rings. The molecule has 0 bridgehead atoms. The van der Waals surface area contributed by atoms with Gasteiger partial charge in [0.2, 0.25) is 0 Å². The zero-order valence-electron chi connectivity index (χ0n) is 17.7. The molecule has 2 heterocycles. The Hall–Kier alpha value is -4.19. The molecule has 6 nitrogen and oxygen atoms in total. The maximum Gasteiger partial charge on any atom is 0.342 e. The molecule has 5 rings (SSSR count). The maximum absolute atomic E-state index is 13.8. The summed E-state index contributed by atoms with van der Waals surface area (Å²) >= 11 is 0. The lowest BCUT2D eigenvalue weighted by atomic mass is 10.2. The van der Waals surface area contributed by atoms with Crippen LogP contribution in [0.2, 0.25) is 0 Å². The number of para-hydroxylation sites is 2. The molecule has 0 radical (unpaired) electrons. The quantitative estimate of drug-likeness (QED) is 0.421. The SMILES string of the molecule is CCCn1c(-c2ccccc2)nc2c1c(=O)n(-c1ccccc1)c(=O)n2-c1ccccc1. The summed E-state index contributed by atoms with van der Waals surface area (Å²) < 4.78 is 4.70. The Morgan fingerprint density at radius 3 is 1.81 bits per heavy atom. The highest BCUT2D eigenvalue weighted by Crippen LogP contribution is 2.24. The monoisotopic (exact) mass is 422 g/mol. The third kappa shape index (κ3) is 3.17. The van der Waals surface area contributed by atoms with Gasteiger partial charge in [-0.15, -0.1) is 0 Å². The van der Waals surface area contributed by atoms with Crippen molar-refractivity contribution in [3.8, 4) is 22.8 Å². The first-order chi connectivity index (χ1) is 15.7. The molecule has 2 aromatic heterocycles.